The van der Waals surface area contributed by atoms with Gasteiger partial charge in [0.15, 0.2) is 0 Å². The number of carbonyl (C=O) groups is 4. The molecular weight excluding hydrogens is 491 g/mol. The van der Waals surface area contributed by atoms with E-state index in [1.807, 2.05) is 11.4 Å². The van der Waals surface area contributed by atoms with Crippen molar-refractivity contribution in [2.75, 3.05) is 6.54 Å². The highest BCUT2D eigenvalue weighted by molar-refractivity contribution is 5.94. The lowest BCUT2D eigenvalue weighted by Crippen LogP contribution is -2.62. The van der Waals surface area contributed by atoms with Gasteiger partial charge in [-0.05, 0) is 55.8 Å². The SMILES string of the molecule is CC(C)(C)[C@H](NC(=O)C(F)(F)F)C(=O)N1C[C@@H]2C[C@@H]2C[C@H]1C(=O)N[C@H](C#N)C1CCCC2(CC2)NC1=O. The second kappa shape index (κ2) is 9.48. The van der Waals surface area contributed by atoms with Crippen LogP contribution in [0.3, 0.4) is 0 Å². The summed E-state index contributed by atoms with van der Waals surface area (Å²) in [6.45, 7) is 4.79. The maximum Gasteiger partial charge on any atom is 0.471 e. The van der Waals surface area contributed by atoms with E-state index in [4.69, 9.17) is 0 Å². The molecule has 0 radical (unpaired) electrons. The number of fused-ring (bicyclic) bond motifs is 1. The zero-order valence-electron chi connectivity index (χ0n) is 21.3. The summed E-state index contributed by atoms with van der Waals surface area (Å²) < 4.78 is 39.0. The normalized spacial score (nSPS) is 30.1. The van der Waals surface area contributed by atoms with Gasteiger partial charge < -0.3 is 20.9 Å². The molecule has 37 heavy (non-hydrogen) atoms. The van der Waals surface area contributed by atoms with Crippen LogP contribution in [0.25, 0.3) is 0 Å². The van der Waals surface area contributed by atoms with Gasteiger partial charge in [0.1, 0.15) is 18.1 Å². The van der Waals surface area contributed by atoms with Crippen LogP contribution < -0.4 is 16.0 Å². The molecule has 0 aromatic heterocycles. The molecule has 4 aliphatic rings. The Morgan fingerprint density at radius 2 is 1.78 bits per heavy atom. The zero-order chi connectivity index (χ0) is 27.3. The second-order valence-electron chi connectivity index (χ2n) is 12.2. The van der Waals surface area contributed by atoms with E-state index in [1.165, 1.54) is 25.7 Å². The third kappa shape index (κ3) is 5.85. The van der Waals surface area contributed by atoms with Crippen LogP contribution in [0.1, 0.15) is 65.7 Å². The van der Waals surface area contributed by atoms with Crippen molar-refractivity contribution < 1.29 is 32.3 Å². The van der Waals surface area contributed by atoms with Gasteiger partial charge in [-0.3, -0.25) is 19.2 Å². The maximum absolute atomic E-state index is 13.6. The van der Waals surface area contributed by atoms with E-state index >= 15 is 0 Å². The highest BCUT2D eigenvalue weighted by Gasteiger charge is 2.53. The summed E-state index contributed by atoms with van der Waals surface area (Å²) in [6.07, 6.45) is -0.258. The Morgan fingerprint density at radius 1 is 1.11 bits per heavy atom. The molecule has 0 aromatic carbocycles. The van der Waals surface area contributed by atoms with Gasteiger partial charge in [0.2, 0.25) is 17.7 Å². The van der Waals surface area contributed by atoms with Crippen LogP contribution in [-0.2, 0) is 19.2 Å². The van der Waals surface area contributed by atoms with Crippen LogP contribution in [0.4, 0.5) is 13.2 Å². The first kappa shape index (κ1) is 27.2. The number of hydrogen-bond acceptors (Lipinski definition) is 5. The largest absolute Gasteiger partial charge is 0.471 e. The van der Waals surface area contributed by atoms with Crippen molar-refractivity contribution in [3.63, 3.8) is 0 Å². The first-order chi connectivity index (χ1) is 17.1. The number of hydrogen-bond donors (Lipinski definition) is 3. The summed E-state index contributed by atoms with van der Waals surface area (Å²) >= 11 is 0. The molecule has 6 atom stereocenters. The number of likely N-dealkylation sites (tertiary alicyclic amines) is 1. The first-order valence-electron chi connectivity index (χ1n) is 12.9. The third-order valence-corrected chi connectivity index (χ3v) is 8.22. The summed E-state index contributed by atoms with van der Waals surface area (Å²) in [5.74, 6) is -4.27. The van der Waals surface area contributed by atoms with Crippen molar-refractivity contribution in [3.8, 4) is 6.07 Å². The first-order valence-corrected chi connectivity index (χ1v) is 12.9. The predicted octanol–water partition coefficient (Wildman–Crippen LogP) is 1.77. The number of nitriles is 1. The van der Waals surface area contributed by atoms with Gasteiger partial charge in [-0.15, -0.1) is 0 Å². The lowest BCUT2D eigenvalue weighted by atomic mass is 9.84. The smallest absolute Gasteiger partial charge is 0.350 e. The van der Waals surface area contributed by atoms with E-state index in [0.717, 1.165) is 32.1 Å². The number of nitrogens with zero attached hydrogens (tertiary/aromatic N) is 2. The fourth-order valence-corrected chi connectivity index (χ4v) is 5.66. The number of rotatable bonds is 5. The molecule has 204 valence electrons. The molecule has 2 aliphatic carbocycles. The third-order valence-electron chi connectivity index (χ3n) is 8.22. The Hall–Kier alpha value is -2.84. The Morgan fingerprint density at radius 3 is 2.35 bits per heavy atom. The summed E-state index contributed by atoms with van der Waals surface area (Å²) in [4.78, 5) is 52.8. The molecule has 3 N–H and O–H groups in total. The van der Waals surface area contributed by atoms with Crippen LogP contribution in [0.15, 0.2) is 0 Å². The molecule has 2 heterocycles. The van der Waals surface area contributed by atoms with Crippen LogP contribution in [-0.4, -0.2) is 64.9 Å². The minimum Gasteiger partial charge on any atom is -0.350 e. The van der Waals surface area contributed by atoms with Crippen LogP contribution in [0.2, 0.25) is 0 Å². The minimum absolute atomic E-state index is 0.140. The highest BCUT2D eigenvalue weighted by atomic mass is 19.4. The molecule has 2 aliphatic heterocycles. The van der Waals surface area contributed by atoms with Crippen LogP contribution in [0, 0.1) is 34.5 Å². The molecule has 2 saturated carbocycles. The molecule has 1 spiro atoms. The highest BCUT2D eigenvalue weighted by Crippen LogP contribution is 2.48. The molecule has 4 rings (SSSR count). The number of amides is 4. The minimum atomic E-state index is -5.16. The summed E-state index contributed by atoms with van der Waals surface area (Å²) in [6, 6.07) is -1.60. The molecule has 12 heteroatoms. The standard InChI is InChI=1S/C25H34F3N5O4/c1-23(2,3)18(31-22(37)25(26,27)28)21(36)33-12-14-9-13(14)10-17(33)20(35)30-16(11-29)15-5-4-6-24(7-8-24)32-19(15)34/h13-18H,4-10,12H2,1-3H3,(H,30,35)(H,31,37)(H,32,34)/t13-,14+,15?,16-,17+,18-/m1/s1. The average Bonchev–Trinajstić information content (AvgIpc) is 3.72. The number of carbonyl (C=O) groups excluding carboxylic acids is 4. The molecule has 9 nitrogen and oxygen atoms in total. The van der Waals surface area contributed by atoms with E-state index in [2.05, 4.69) is 10.6 Å². The zero-order valence-corrected chi connectivity index (χ0v) is 21.3. The van der Waals surface area contributed by atoms with Gasteiger partial charge in [-0.1, -0.05) is 27.2 Å². The fourth-order valence-electron chi connectivity index (χ4n) is 5.66. The number of halogens is 3. The molecule has 4 fully saturated rings. The van der Waals surface area contributed by atoms with Gasteiger partial charge in [0, 0.05) is 12.1 Å². The Kier molecular flexibility index (Phi) is 6.97. The molecule has 1 unspecified atom stereocenters. The predicted molar refractivity (Wildman–Crippen MR) is 124 cm³/mol. The number of alkyl halides is 3. The lowest BCUT2D eigenvalue weighted by molar-refractivity contribution is -0.176. The Balaban J connectivity index is 1.51. The van der Waals surface area contributed by atoms with Crippen LogP contribution >= 0.6 is 0 Å². The van der Waals surface area contributed by atoms with Crippen LogP contribution in [0.5, 0.6) is 0 Å². The van der Waals surface area contributed by atoms with Crippen molar-refractivity contribution in [2.45, 2.75) is 95.6 Å². The lowest BCUT2D eigenvalue weighted by Gasteiger charge is -2.40. The van der Waals surface area contributed by atoms with Crippen molar-refractivity contribution >= 4 is 23.6 Å². The fraction of sp³-hybridized carbons (Fsp3) is 0.800. The number of nitrogens with one attached hydrogen (secondary N) is 3. The summed E-state index contributed by atoms with van der Waals surface area (Å²) in [7, 11) is 0. The van der Waals surface area contributed by atoms with E-state index in [0.29, 0.717) is 12.8 Å². The topological polar surface area (TPSA) is 131 Å². The Labute approximate surface area is 213 Å². The van der Waals surface area contributed by atoms with Crippen molar-refractivity contribution in [3.05, 3.63) is 0 Å². The molecule has 4 amide bonds. The van der Waals surface area contributed by atoms with Gasteiger partial charge in [-0.2, -0.15) is 18.4 Å². The van der Waals surface area contributed by atoms with Crippen molar-refractivity contribution in [1.82, 2.24) is 20.9 Å². The quantitative estimate of drug-likeness (QED) is 0.504. The molecule has 0 aromatic rings. The molecular formula is C25H34F3N5O4. The van der Waals surface area contributed by atoms with Gasteiger partial charge in [-0.25, -0.2) is 0 Å². The summed E-state index contributed by atoms with van der Waals surface area (Å²) in [5, 5.41) is 17.3. The van der Waals surface area contributed by atoms with E-state index in [-0.39, 0.29) is 29.8 Å². The molecule has 2 saturated heterocycles. The molecule has 0 bridgehead atoms. The van der Waals surface area contributed by atoms with Gasteiger partial charge in [0.25, 0.3) is 0 Å². The maximum atomic E-state index is 13.6. The average molecular weight is 526 g/mol. The van der Waals surface area contributed by atoms with E-state index in [9.17, 15) is 37.6 Å². The Bertz CT molecular complexity index is 1010. The van der Waals surface area contributed by atoms with E-state index < -0.39 is 53.4 Å². The van der Waals surface area contributed by atoms with E-state index in [1.54, 1.807) is 0 Å². The summed E-state index contributed by atoms with van der Waals surface area (Å²) in [5.41, 5.74) is -1.25. The number of piperidine rings is 1. The van der Waals surface area contributed by atoms with Crippen molar-refractivity contribution in [1.29, 1.82) is 5.26 Å². The van der Waals surface area contributed by atoms with Gasteiger partial charge in [0.05, 0.1) is 12.0 Å². The van der Waals surface area contributed by atoms with Gasteiger partial charge >= 0.3 is 12.1 Å². The second-order valence-corrected chi connectivity index (χ2v) is 12.2. The van der Waals surface area contributed by atoms with Crippen molar-refractivity contribution in [2.24, 2.45) is 23.2 Å². The monoisotopic (exact) mass is 525 g/mol.